The van der Waals surface area contributed by atoms with Crippen LogP contribution in [0, 0.1) is 11.3 Å². The van der Waals surface area contributed by atoms with Crippen LogP contribution < -0.4 is 9.80 Å². The topological polar surface area (TPSA) is 32.5 Å². The second-order valence-electron chi connectivity index (χ2n) is 12.5. The van der Waals surface area contributed by atoms with Crippen molar-refractivity contribution in [2.45, 2.75) is 51.6 Å². The molecular weight excluding hydrogens is 526 g/mol. The van der Waals surface area contributed by atoms with Gasteiger partial charge in [0.2, 0.25) is 0 Å². The predicted molar refractivity (Wildman–Crippen MR) is 176 cm³/mol. The zero-order valence-corrected chi connectivity index (χ0v) is 24.9. The van der Waals surface area contributed by atoms with Crippen LogP contribution in [-0.2, 0) is 5.41 Å². The summed E-state index contributed by atoms with van der Waals surface area (Å²) in [7, 11) is 0. The van der Waals surface area contributed by atoms with E-state index in [9.17, 15) is 0 Å². The minimum atomic E-state index is 0.0763. The number of hydrogen-bond donors (Lipinski definition) is 0. The first-order valence-electron chi connectivity index (χ1n) is 15.8. The summed E-state index contributed by atoms with van der Waals surface area (Å²) in [5, 5.41) is 2.33. The second kappa shape index (κ2) is 8.73. The number of benzene rings is 4. The van der Waals surface area contributed by atoms with Crippen molar-refractivity contribution in [3.8, 4) is 11.1 Å². The van der Waals surface area contributed by atoms with Crippen LogP contribution in [0.3, 0.4) is 0 Å². The Kier molecular flexibility index (Phi) is 5.07. The molecule has 0 spiro atoms. The SMILES string of the molecule is CCC1C2(CC)c3ccccc3N3c4ncccc4N(c4ccc5oc6ccccc6c5c4-c4ccccc4)C3C12CC. The molecule has 0 N–H and O–H groups in total. The zero-order valence-electron chi connectivity index (χ0n) is 24.9. The van der Waals surface area contributed by atoms with E-state index in [0.29, 0.717) is 5.92 Å². The van der Waals surface area contributed by atoms with E-state index in [1.54, 1.807) is 0 Å². The van der Waals surface area contributed by atoms with Crippen molar-refractivity contribution < 1.29 is 4.42 Å². The lowest BCUT2D eigenvalue weighted by Crippen LogP contribution is -2.51. The Morgan fingerprint density at radius 3 is 2.28 bits per heavy atom. The Morgan fingerprint density at radius 2 is 1.47 bits per heavy atom. The summed E-state index contributed by atoms with van der Waals surface area (Å²) in [5.74, 6) is 1.64. The summed E-state index contributed by atoms with van der Waals surface area (Å²) in [6.07, 6.45) is 5.47. The molecule has 4 unspecified atom stereocenters. The first-order chi connectivity index (χ1) is 21.2. The average Bonchev–Trinajstić information content (AvgIpc) is 3.28. The van der Waals surface area contributed by atoms with Crippen molar-refractivity contribution in [3.63, 3.8) is 0 Å². The molecule has 1 fully saturated rings. The van der Waals surface area contributed by atoms with E-state index in [2.05, 4.69) is 134 Å². The van der Waals surface area contributed by atoms with Crippen LogP contribution in [0.5, 0.6) is 0 Å². The summed E-state index contributed by atoms with van der Waals surface area (Å²) in [6.45, 7) is 7.23. The van der Waals surface area contributed by atoms with E-state index in [1.807, 2.05) is 6.20 Å². The predicted octanol–water partition coefficient (Wildman–Crippen LogP) is 10.4. The molecule has 2 aromatic heterocycles. The molecule has 6 aromatic rings. The normalized spacial score (nSPS) is 25.0. The van der Waals surface area contributed by atoms with E-state index < -0.39 is 0 Å². The number of para-hydroxylation sites is 2. The molecule has 4 heterocycles. The maximum absolute atomic E-state index is 6.45. The van der Waals surface area contributed by atoms with Crippen LogP contribution >= 0.6 is 0 Å². The highest BCUT2D eigenvalue weighted by Crippen LogP contribution is 2.82. The fraction of sp³-hybridized carbons (Fsp3) is 0.256. The van der Waals surface area contributed by atoms with Gasteiger partial charge in [-0.2, -0.15) is 0 Å². The highest BCUT2D eigenvalue weighted by atomic mass is 16.3. The monoisotopic (exact) mass is 561 g/mol. The fourth-order valence-corrected chi connectivity index (χ4v) is 9.85. The average molecular weight is 562 g/mol. The van der Waals surface area contributed by atoms with Gasteiger partial charge in [0.15, 0.2) is 5.82 Å². The van der Waals surface area contributed by atoms with Crippen LogP contribution in [0.1, 0.15) is 45.6 Å². The van der Waals surface area contributed by atoms with E-state index in [1.165, 1.54) is 39.1 Å². The lowest BCUT2D eigenvalue weighted by molar-refractivity contribution is 0.302. The molecule has 0 amide bonds. The molecule has 1 saturated carbocycles. The minimum Gasteiger partial charge on any atom is -0.456 e. The van der Waals surface area contributed by atoms with Gasteiger partial charge in [-0.15, -0.1) is 0 Å². The lowest BCUT2D eigenvalue weighted by atomic mass is 9.76. The van der Waals surface area contributed by atoms with Gasteiger partial charge in [-0.05, 0) is 66.3 Å². The molecule has 4 nitrogen and oxygen atoms in total. The molecule has 1 aliphatic carbocycles. The Labute approximate surface area is 252 Å². The molecule has 4 atom stereocenters. The van der Waals surface area contributed by atoms with Gasteiger partial charge in [0.1, 0.15) is 17.3 Å². The Bertz CT molecular complexity index is 2050. The Hall–Kier alpha value is -4.57. The van der Waals surface area contributed by atoms with Crippen LogP contribution in [0.15, 0.2) is 114 Å². The minimum absolute atomic E-state index is 0.0763. The number of rotatable bonds is 5. The van der Waals surface area contributed by atoms with Crippen molar-refractivity contribution in [2.24, 2.45) is 11.3 Å². The third-order valence-electron chi connectivity index (χ3n) is 11.2. The van der Waals surface area contributed by atoms with Gasteiger partial charge in [-0.25, -0.2) is 4.98 Å². The summed E-state index contributed by atoms with van der Waals surface area (Å²) in [5.41, 5.74) is 9.68. The van der Waals surface area contributed by atoms with Gasteiger partial charge >= 0.3 is 0 Å². The molecule has 4 aromatic carbocycles. The van der Waals surface area contributed by atoms with Gasteiger partial charge in [0.25, 0.3) is 0 Å². The number of hydrogen-bond acceptors (Lipinski definition) is 4. The van der Waals surface area contributed by atoms with Gasteiger partial charge in [0.05, 0.1) is 11.4 Å². The van der Waals surface area contributed by atoms with E-state index >= 15 is 0 Å². The van der Waals surface area contributed by atoms with Gasteiger partial charge in [-0.1, -0.05) is 93.9 Å². The van der Waals surface area contributed by atoms with Crippen molar-refractivity contribution in [2.75, 3.05) is 9.80 Å². The van der Waals surface area contributed by atoms with E-state index in [0.717, 1.165) is 41.6 Å². The molecule has 43 heavy (non-hydrogen) atoms. The number of anilines is 4. The second-order valence-corrected chi connectivity index (χ2v) is 12.5. The molecule has 0 saturated heterocycles. The maximum atomic E-state index is 6.45. The summed E-state index contributed by atoms with van der Waals surface area (Å²) >= 11 is 0. The van der Waals surface area contributed by atoms with Crippen molar-refractivity contribution in [1.29, 1.82) is 0 Å². The molecule has 3 aliphatic rings. The number of nitrogens with zero attached hydrogens (tertiary/aromatic N) is 3. The van der Waals surface area contributed by atoms with E-state index in [4.69, 9.17) is 9.40 Å². The zero-order chi connectivity index (χ0) is 28.9. The Balaban J connectivity index is 1.41. The molecule has 2 aliphatic heterocycles. The van der Waals surface area contributed by atoms with Gasteiger partial charge in [0, 0.05) is 39.1 Å². The number of pyridine rings is 1. The quantitative estimate of drug-likeness (QED) is 0.210. The Morgan fingerprint density at radius 1 is 0.698 bits per heavy atom. The van der Waals surface area contributed by atoms with Crippen molar-refractivity contribution >= 4 is 44.8 Å². The summed E-state index contributed by atoms with van der Waals surface area (Å²) in [4.78, 5) is 10.4. The lowest BCUT2D eigenvalue weighted by Gasteiger charge is -2.46. The van der Waals surface area contributed by atoms with Crippen molar-refractivity contribution in [3.05, 3.63) is 115 Å². The summed E-state index contributed by atoms with van der Waals surface area (Å²) < 4.78 is 6.45. The fourth-order valence-electron chi connectivity index (χ4n) is 9.85. The molecule has 4 heteroatoms. The highest BCUT2D eigenvalue weighted by Gasteiger charge is 2.81. The third kappa shape index (κ3) is 2.85. The molecule has 212 valence electrons. The number of aromatic nitrogens is 1. The smallest absolute Gasteiger partial charge is 0.158 e. The number of furan rings is 1. The van der Waals surface area contributed by atoms with Crippen LogP contribution in [0.2, 0.25) is 0 Å². The molecule has 0 bridgehead atoms. The number of fused-ring (bicyclic) bond motifs is 11. The van der Waals surface area contributed by atoms with E-state index in [-0.39, 0.29) is 17.0 Å². The van der Waals surface area contributed by atoms with Gasteiger partial charge < -0.3 is 14.2 Å². The first-order valence-corrected chi connectivity index (χ1v) is 15.8. The molecule has 9 rings (SSSR count). The molecule has 0 radical (unpaired) electrons. The standard InChI is InChI=1S/C39H35N3O/c1-4-33-38(5-2)27-18-11-12-19-28(27)42-36-30(20-14-24-40-36)41(37(42)39(33,38)6-3)29-22-23-32-35(26-17-10-13-21-31(26)43-32)34(29)25-15-8-7-9-16-25/h7-24,33,37H,4-6H2,1-3H3. The molecular formula is C39H35N3O. The van der Waals surface area contributed by atoms with Gasteiger partial charge in [-0.3, -0.25) is 0 Å². The van der Waals surface area contributed by atoms with Crippen molar-refractivity contribution in [1.82, 2.24) is 4.98 Å². The van der Waals surface area contributed by atoms with Crippen LogP contribution in [0.4, 0.5) is 22.9 Å². The van der Waals surface area contributed by atoms with Crippen LogP contribution in [0.25, 0.3) is 33.1 Å². The largest absolute Gasteiger partial charge is 0.456 e. The highest BCUT2D eigenvalue weighted by molar-refractivity contribution is 6.16. The van der Waals surface area contributed by atoms with Crippen LogP contribution in [-0.4, -0.2) is 11.1 Å². The first kappa shape index (κ1) is 25.0. The third-order valence-corrected chi connectivity index (χ3v) is 11.2. The summed E-state index contributed by atoms with van der Waals surface area (Å²) in [6, 6.07) is 37.4. The maximum Gasteiger partial charge on any atom is 0.158 e.